The summed E-state index contributed by atoms with van der Waals surface area (Å²) in [6, 6.07) is 12.9. The van der Waals surface area contributed by atoms with E-state index < -0.39 is 35.2 Å². The van der Waals surface area contributed by atoms with E-state index in [1.807, 2.05) is 12.1 Å². The van der Waals surface area contributed by atoms with E-state index in [4.69, 9.17) is 0 Å². The number of rotatable bonds is 3. The van der Waals surface area contributed by atoms with Crippen molar-refractivity contribution < 1.29 is 31.1 Å². The highest BCUT2D eigenvalue weighted by Crippen LogP contribution is 2.37. The Bertz CT molecular complexity index is 1180. The van der Waals surface area contributed by atoms with Gasteiger partial charge in [-0.15, -0.1) is 0 Å². The number of urea groups is 1. The van der Waals surface area contributed by atoms with Crippen LogP contribution in [-0.2, 0) is 25.2 Å². The van der Waals surface area contributed by atoms with E-state index in [0.29, 0.717) is 17.8 Å². The minimum absolute atomic E-state index is 0.00315. The van der Waals surface area contributed by atoms with E-state index in [2.05, 4.69) is 29.2 Å². The molecule has 177 valence electrons. The first-order valence-corrected chi connectivity index (χ1v) is 10.4. The highest BCUT2D eigenvalue weighted by molar-refractivity contribution is 6.00. The predicted octanol–water partition coefficient (Wildman–Crippen LogP) is 7.73. The van der Waals surface area contributed by atoms with Crippen molar-refractivity contribution in [3.05, 3.63) is 89.3 Å². The third kappa shape index (κ3) is 5.52. The monoisotopic (exact) mass is 477 g/mol. The van der Waals surface area contributed by atoms with Crippen molar-refractivity contribution in [2.45, 2.75) is 31.6 Å². The number of carbonyl (C=O) groups is 1. The number of alkyl halides is 6. The van der Waals surface area contributed by atoms with Crippen LogP contribution in [-0.4, -0.2) is 6.03 Å². The van der Waals surface area contributed by atoms with Crippen molar-refractivity contribution in [3.8, 4) is 11.1 Å². The van der Waals surface area contributed by atoms with E-state index in [1.165, 1.54) is 11.1 Å². The van der Waals surface area contributed by atoms with Crippen molar-refractivity contribution in [3.63, 3.8) is 0 Å². The van der Waals surface area contributed by atoms with Gasteiger partial charge in [0.05, 0.1) is 11.1 Å². The largest absolute Gasteiger partial charge is 0.416 e. The number of nitrogens with one attached hydrogen (secondary N) is 2. The molecule has 0 atom stereocenters. The number of benzene rings is 3. The Kier molecular flexibility index (Phi) is 6.29. The molecule has 0 aromatic heterocycles. The maximum Gasteiger partial charge on any atom is 0.416 e. The Morgan fingerprint density at radius 2 is 1.35 bits per heavy atom. The summed E-state index contributed by atoms with van der Waals surface area (Å²) >= 11 is 0. The number of hydrogen-bond donors (Lipinski definition) is 2. The molecule has 9 heteroatoms. The average Bonchev–Trinajstić information content (AvgIpc) is 2.77. The second-order valence-electron chi connectivity index (χ2n) is 7.97. The molecule has 2 amide bonds. The molecule has 2 N–H and O–H groups in total. The van der Waals surface area contributed by atoms with E-state index >= 15 is 0 Å². The third-order valence-corrected chi connectivity index (χ3v) is 5.49. The van der Waals surface area contributed by atoms with Gasteiger partial charge in [-0.25, -0.2) is 4.79 Å². The van der Waals surface area contributed by atoms with Gasteiger partial charge in [-0.05, 0) is 78.3 Å². The molecular weight excluding hydrogens is 458 g/mol. The molecule has 3 nitrogen and oxygen atoms in total. The molecule has 0 unspecified atom stereocenters. The molecule has 34 heavy (non-hydrogen) atoms. The molecular formula is C25H19F6N2O. The summed E-state index contributed by atoms with van der Waals surface area (Å²) in [5.41, 5.74) is 0.968. The maximum atomic E-state index is 13.0. The maximum absolute atomic E-state index is 13.0. The first-order valence-electron chi connectivity index (χ1n) is 10.4. The van der Waals surface area contributed by atoms with Gasteiger partial charge in [0.1, 0.15) is 0 Å². The van der Waals surface area contributed by atoms with Crippen molar-refractivity contribution in [2.24, 2.45) is 0 Å². The highest BCUT2D eigenvalue weighted by Gasteiger charge is 2.37. The topological polar surface area (TPSA) is 41.1 Å². The molecule has 0 bridgehead atoms. The molecule has 3 aromatic carbocycles. The number of halogens is 6. The van der Waals surface area contributed by atoms with Crippen molar-refractivity contribution in [2.75, 3.05) is 10.6 Å². The Morgan fingerprint density at radius 3 is 2.03 bits per heavy atom. The van der Waals surface area contributed by atoms with Gasteiger partial charge in [0, 0.05) is 11.4 Å². The molecule has 0 fully saturated rings. The first-order chi connectivity index (χ1) is 16.0. The van der Waals surface area contributed by atoms with Gasteiger partial charge < -0.3 is 10.6 Å². The molecule has 1 aliphatic rings. The van der Waals surface area contributed by atoms with Gasteiger partial charge in [0.2, 0.25) is 0 Å². The fourth-order valence-electron chi connectivity index (χ4n) is 3.85. The molecule has 1 radical (unpaired) electrons. The second kappa shape index (κ2) is 9.04. The van der Waals surface area contributed by atoms with Crippen molar-refractivity contribution in [1.29, 1.82) is 0 Å². The van der Waals surface area contributed by atoms with Crippen LogP contribution in [0, 0.1) is 6.42 Å². The fourth-order valence-corrected chi connectivity index (χ4v) is 3.85. The minimum Gasteiger partial charge on any atom is -0.308 e. The SMILES string of the molecule is O=C(Nc1cccc(-c2ccc3c(c2)CC[CH]C3)c1)Nc1cc(C(F)(F)F)cc(C(F)(F)F)c1. The van der Waals surface area contributed by atoms with Crippen LogP contribution in [0.3, 0.4) is 0 Å². The number of fused-ring (bicyclic) bond motifs is 1. The Hall–Kier alpha value is -3.49. The molecule has 4 rings (SSSR count). The Morgan fingerprint density at radius 1 is 0.706 bits per heavy atom. The lowest BCUT2D eigenvalue weighted by Crippen LogP contribution is -2.20. The molecule has 0 saturated carbocycles. The van der Waals surface area contributed by atoms with Crippen molar-refractivity contribution >= 4 is 17.4 Å². The quantitative estimate of drug-likeness (QED) is 0.373. The zero-order valence-electron chi connectivity index (χ0n) is 17.6. The highest BCUT2D eigenvalue weighted by atomic mass is 19.4. The standard InChI is InChI=1S/C25H19F6N2O/c26-24(27,28)19-12-20(25(29,30)31)14-22(13-19)33-23(34)32-21-7-3-6-17(11-21)18-9-8-15-4-1-2-5-16(15)10-18/h1,3,6-14H,2,4-5H2,(H2,32,33,34). The first kappa shape index (κ1) is 23.7. The molecule has 0 aliphatic heterocycles. The van der Waals surface area contributed by atoms with Gasteiger partial charge >= 0.3 is 18.4 Å². The predicted molar refractivity (Wildman–Crippen MR) is 117 cm³/mol. The number of amides is 2. The van der Waals surface area contributed by atoms with Crippen LogP contribution in [0.5, 0.6) is 0 Å². The second-order valence-corrected chi connectivity index (χ2v) is 7.97. The van der Waals surface area contributed by atoms with E-state index in [1.54, 1.807) is 18.2 Å². The molecule has 1 aliphatic carbocycles. The van der Waals surface area contributed by atoms with Crippen LogP contribution in [0.25, 0.3) is 11.1 Å². The average molecular weight is 477 g/mol. The lowest BCUT2D eigenvalue weighted by molar-refractivity contribution is -0.143. The van der Waals surface area contributed by atoms with Gasteiger partial charge in [0.15, 0.2) is 0 Å². The van der Waals surface area contributed by atoms with Crippen LogP contribution in [0.2, 0.25) is 0 Å². The summed E-state index contributed by atoms with van der Waals surface area (Å²) in [6.45, 7) is 0. The fraction of sp³-hybridized carbons (Fsp3) is 0.200. The van der Waals surface area contributed by atoms with Crippen LogP contribution in [0.4, 0.5) is 42.5 Å². The Balaban J connectivity index is 1.53. The lowest BCUT2D eigenvalue weighted by atomic mass is 9.89. The van der Waals surface area contributed by atoms with E-state index in [-0.39, 0.29) is 6.07 Å². The van der Waals surface area contributed by atoms with Gasteiger partial charge in [-0.1, -0.05) is 30.3 Å². The number of aryl methyl sites for hydroxylation is 1. The lowest BCUT2D eigenvalue weighted by Gasteiger charge is -2.17. The van der Waals surface area contributed by atoms with E-state index in [9.17, 15) is 31.1 Å². The minimum atomic E-state index is -5.00. The Labute approximate surface area is 191 Å². The summed E-state index contributed by atoms with van der Waals surface area (Å²) in [4.78, 5) is 12.4. The summed E-state index contributed by atoms with van der Waals surface area (Å²) < 4.78 is 78.2. The number of hydrogen-bond acceptors (Lipinski definition) is 1. The summed E-state index contributed by atoms with van der Waals surface area (Å²) in [5, 5.41) is 4.52. The van der Waals surface area contributed by atoms with Crippen LogP contribution in [0.15, 0.2) is 60.7 Å². The third-order valence-electron chi connectivity index (χ3n) is 5.49. The molecule has 0 heterocycles. The van der Waals surface area contributed by atoms with Crippen LogP contribution in [0.1, 0.15) is 28.7 Å². The number of anilines is 2. The van der Waals surface area contributed by atoms with Crippen LogP contribution >= 0.6 is 0 Å². The summed E-state index contributed by atoms with van der Waals surface area (Å²) in [5.74, 6) is 0. The van der Waals surface area contributed by atoms with Crippen molar-refractivity contribution in [1.82, 2.24) is 0 Å². The number of carbonyl (C=O) groups excluding carboxylic acids is 1. The van der Waals surface area contributed by atoms with Gasteiger partial charge in [0.25, 0.3) is 0 Å². The van der Waals surface area contributed by atoms with E-state index in [0.717, 1.165) is 30.4 Å². The zero-order valence-corrected chi connectivity index (χ0v) is 17.6. The molecule has 0 saturated heterocycles. The van der Waals surface area contributed by atoms with Gasteiger partial charge in [-0.2, -0.15) is 26.3 Å². The summed E-state index contributed by atoms with van der Waals surface area (Å²) in [7, 11) is 0. The van der Waals surface area contributed by atoms with Crippen LogP contribution < -0.4 is 10.6 Å². The summed E-state index contributed by atoms with van der Waals surface area (Å²) in [6.07, 6.45) is -4.91. The van der Waals surface area contributed by atoms with Gasteiger partial charge in [-0.3, -0.25) is 0 Å². The molecule has 3 aromatic rings. The zero-order chi connectivity index (χ0) is 24.5. The normalized spacial score (nSPS) is 13.8. The smallest absolute Gasteiger partial charge is 0.308 e. The molecule has 0 spiro atoms.